The van der Waals surface area contributed by atoms with Gasteiger partial charge < -0.3 is 10.1 Å². The lowest BCUT2D eigenvalue weighted by Crippen LogP contribution is -2.51. The lowest BCUT2D eigenvalue weighted by molar-refractivity contribution is -0.147. The number of nitrogens with one attached hydrogen (secondary N) is 1. The molecular weight excluding hydrogens is 378 g/mol. The molecule has 0 spiro atoms. The minimum atomic E-state index is -0.655. The van der Waals surface area contributed by atoms with Gasteiger partial charge in [-0.15, -0.1) is 0 Å². The summed E-state index contributed by atoms with van der Waals surface area (Å²) in [5.41, 5.74) is 0.240. The van der Waals surface area contributed by atoms with Crippen molar-refractivity contribution in [1.29, 1.82) is 0 Å². The van der Waals surface area contributed by atoms with Gasteiger partial charge in [0.25, 0.3) is 5.91 Å². The largest absolute Gasteiger partial charge is 0.442 e. The molecule has 29 heavy (non-hydrogen) atoms. The third kappa shape index (κ3) is 5.21. The van der Waals surface area contributed by atoms with Gasteiger partial charge in [0, 0.05) is 13.5 Å². The SMILES string of the molecule is CCCN(C(=O)OC(C)(C)C)n1cnc(/C=C2\NC(=O)CN(C(C)=O)C2=O)c1C. The lowest BCUT2D eigenvalue weighted by atomic mass is 10.2. The first-order chi connectivity index (χ1) is 13.4. The molecule has 10 heteroatoms. The molecule has 1 aliphatic rings. The number of imide groups is 1. The fourth-order valence-corrected chi connectivity index (χ4v) is 2.71. The summed E-state index contributed by atoms with van der Waals surface area (Å²) in [7, 11) is 0. The molecule has 0 atom stereocenters. The Kier molecular flexibility index (Phi) is 6.45. The van der Waals surface area contributed by atoms with Crippen molar-refractivity contribution in [2.24, 2.45) is 0 Å². The number of nitrogens with zero attached hydrogens (tertiary/aromatic N) is 4. The van der Waals surface area contributed by atoms with Crippen LogP contribution in [0.25, 0.3) is 6.08 Å². The van der Waals surface area contributed by atoms with Crippen LogP contribution >= 0.6 is 0 Å². The predicted octanol–water partition coefficient (Wildman–Crippen LogP) is 1.32. The smallest absolute Gasteiger partial charge is 0.429 e. The van der Waals surface area contributed by atoms with Gasteiger partial charge in [0.2, 0.25) is 11.8 Å². The summed E-state index contributed by atoms with van der Waals surface area (Å²) in [4.78, 5) is 53.6. The summed E-state index contributed by atoms with van der Waals surface area (Å²) in [6.45, 7) is 10.3. The Balaban J connectivity index is 2.37. The second-order valence-corrected chi connectivity index (χ2v) is 7.68. The van der Waals surface area contributed by atoms with Crippen molar-refractivity contribution < 1.29 is 23.9 Å². The van der Waals surface area contributed by atoms with Gasteiger partial charge in [-0.1, -0.05) is 6.92 Å². The van der Waals surface area contributed by atoms with Crippen LogP contribution in [0.2, 0.25) is 0 Å². The van der Waals surface area contributed by atoms with E-state index in [4.69, 9.17) is 4.74 Å². The molecule has 2 rings (SSSR count). The Morgan fingerprint density at radius 2 is 2.00 bits per heavy atom. The Morgan fingerprint density at radius 3 is 2.55 bits per heavy atom. The second kappa shape index (κ2) is 8.46. The molecule has 2 heterocycles. The Labute approximate surface area is 169 Å². The van der Waals surface area contributed by atoms with Crippen LogP contribution in [-0.4, -0.2) is 57.1 Å². The zero-order valence-electron chi connectivity index (χ0n) is 17.6. The number of carbonyl (C=O) groups is 4. The highest BCUT2D eigenvalue weighted by Gasteiger charge is 2.31. The number of imidazole rings is 1. The molecule has 1 N–H and O–H groups in total. The molecule has 1 aromatic rings. The van der Waals surface area contributed by atoms with Crippen molar-refractivity contribution in [3.05, 3.63) is 23.4 Å². The Hall–Kier alpha value is -3.17. The fraction of sp³-hybridized carbons (Fsp3) is 0.526. The van der Waals surface area contributed by atoms with E-state index >= 15 is 0 Å². The number of carbonyl (C=O) groups excluding carboxylic acids is 4. The third-order valence-electron chi connectivity index (χ3n) is 4.03. The summed E-state index contributed by atoms with van der Waals surface area (Å²) in [6.07, 6.45) is 3.00. The molecule has 158 valence electrons. The molecule has 4 amide bonds. The molecule has 1 aromatic heterocycles. The molecule has 0 unspecified atom stereocenters. The number of aromatic nitrogens is 2. The van der Waals surface area contributed by atoms with Gasteiger partial charge >= 0.3 is 6.09 Å². The average Bonchev–Trinajstić information content (AvgIpc) is 2.94. The maximum absolute atomic E-state index is 12.6. The van der Waals surface area contributed by atoms with Gasteiger partial charge in [-0.05, 0) is 40.2 Å². The molecular formula is C19H27N5O5. The van der Waals surface area contributed by atoms with Gasteiger partial charge in [0.1, 0.15) is 24.2 Å². The van der Waals surface area contributed by atoms with E-state index in [1.807, 2.05) is 6.92 Å². The molecule has 0 saturated carbocycles. The standard InChI is InChI=1S/C19H27N5O5/c1-7-8-23(18(28)29-19(4,5)6)24-11-20-14(12(24)2)9-15-17(27)22(13(3)25)10-16(26)21-15/h9,11H,7-8,10H2,1-6H3,(H,21,26)/b15-9-. The van der Waals surface area contributed by atoms with Gasteiger partial charge in [-0.2, -0.15) is 0 Å². The number of piperazine rings is 1. The van der Waals surface area contributed by atoms with Crippen molar-refractivity contribution in [2.75, 3.05) is 18.1 Å². The van der Waals surface area contributed by atoms with E-state index in [-0.39, 0.29) is 12.2 Å². The third-order valence-corrected chi connectivity index (χ3v) is 4.03. The zero-order valence-corrected chi connectivity index (χ0v) is 17.6. The number of hydrogen-bond acceptors (Lipinski definition) is 6. The van der Waals surface area contributed by atoms with Gasteiger partial charge in [-0.3, -0.25) is 19.3 Å². The average molecular weight is 405 g/mol. The van der Waals surface area contributed by atoms with Gasteiger partial charge in [-0.25, -0.2) is 19.5 Å². The monoisotopic (exact) mass is 405 g/mol. The minimum absolute atomic E-state index is 0.0518. The van der Waals surface area contributed by atoms with Crippen LogP contribution in [0.3, 0.4) is 0 Å². The molecule has 0 aromatic carbocycles. The van der Waals surface area contributed by atoms with Crippen molar-refractivity contribution in [1.82, 2.24) is 19.9 Å². The maximum atomic E-state index is 12.6. The van der Waals surface area contributed by atoms with E-state index < -0.39 is 29.4 Å². The van der Waals surface area contributed by atoms with Crippen molar-refractivity contribution in [3.63, 3.8) is 0 Å². The van der Waals surface area contributed by atoms with Crippen molar-refractivity contribution >= 4 is 29.9 Å². The van der Waals surface area contributed by atoms with E-state index in [9.17, 15) is 19.2 Å². The summed E-state index contributed by atoms with van der Waals surface area (Å²) < 4.78 is 7.00. The topological polar surface area (TPSA) is 114 Å². The van der Waals surface area contributed by atoms with Crippen molar-refractivity contribution in [3.8, 4) is 0 Å². The van der Waals surface area contributed by atoms with Crippen LogP contribution in [-0.2, 0) is 19.1 Å². The van der Waals surface area contributed by atoms with Crippen LogP contribution in [0.1, 0.15) is 52.4 Å². The normalized spacial score (nSPS) is 16.1. The van der Waals surface area contributed by atoms with Gasteiger partial charge in [0.05, 0.1) is 11.4 Å². The summed E-state index contributed by atoms with van der Waals surface area (Å²) in [5, 5.41) is 3.88. The molecule has 0 radical (unpaired) electrons. The Bertz CT molecular complexity index is 865. The molecule has 10 nitrogen and oxygen atoms in total. The van der Waals surface area contributed by atoms with E-state index in [0.717, 1.165) is 4.90 Å². The Morgan fingerprint density at radius 1 is 1.34 bits per heavy atom. The maximum Gasteiger partial charge on any atom is 0.429 e. The number of amides is 4. The number of hydrogen-bond donors (Lipinski definition) is 1. The van der Waals surface area contributed by atoms with Crippen LogP contribution in [0, 0.1) is 6.92 Å². The summed E-state index contributed by atoms with van der Waals surface area (Å²) in [5.74, 6) is -1.59. The molecule has 1 aliphatic heterocycles. The molecule has 1 saturated heterocycles. The molecule has 1 fully saturated rings. The minimum Gasteiger partial charge on any atom is -0.442 e. The quantitative estimate of drug-likeness (QED) is 0.756. The van der Waals surface area contributed by atoms with Crippen LogP contribution in [0.15, 0.2) is 12.0 Å². The fourth-order valence-electron chi connectivity index (χ4n) is 2.71. The van der Waals surface area contributed by atoms with E-state index in [0.29, 0.717) is 24.4 Å². The highest BCUT2D eigenvalue weighted by atomic mass is 16.6. The number of ether oxygens (including phenoxy) is 1. The highest BCUT2D eigenvalue weighted by molar-refractivity contribution is 6.12. The number of rotatable bonds is 4. The van der Waals surface area contributed by atoms with Crippen LogP contribution in [0.4, 0.5) is 4.79 Å². The first-order valence-electron chi connectivity index (χ1n) is 9.33. The van der Waals surface area contributed by atoms with E-state index in [1.54, 1.807) is 32.4 Å². The lowest BCUT2D eigenvalue weighted by Gasteiger charge is -2.28. The first-order valence-corrected chi connectivity index (χ1v) is 9.33. The summed E-state index contributed by atoms with van der Waals surface area (Å²) in [6, 6.07) is 0. The van der Waals surface area contributed by atoms with E-state index in [1.165, 1.54) is 24.3 Å². The van der Waals surface area contributed by atoms with Gasteiger partial charge in [0.15, 0.2) is 0 Å². The summed E-state index contributed by atoms with van der Waals surface area (Å²) >= 11 is 0. The predicted molar refractivity (Wildman–Crippen MR) is 105 cm³/mol. The second-order valence-electron chi connectivity index (χ2n) is 7.68. The van der Waals surface area contributed by atoms with Crippen LogP contribution in [0.5, 0.6) is 0 Å². The van der Waals surface area contributed by atoms with Crippen molar-refractivity contribution in [2.45, 2.75) is 53.6 Å². The molecule has 0 aliphatic carbocycles. The highest BCUT2D eigenvalue weighted by Crippen LogP contribution is 2.16. The van der Waals surface area contributed by atoms with E-state index in [2.05, 4.69) is 10.3 Å². The first kappa shape index (κ1) is 22.1. The van der Waals surface area contributed by atoms with Crippen LogP contribution < -0.4 is 10.3 Å². The molecule has 0 bridgehead atoms. The zero-order chi connectivity index (χ0) is 21.9.